The summed E-state index contributed by atoms with van der Waals surface area (Å²) in [6.45, 7) is 9.05. The monoisotopic (exact) mass is 448 g/mol. The van der Waals surface area contributed by atoms with Gasteiger partial charge in [-0.15, -0.1) is 11.8 Å². The second-order valence-electron chi connectivity index (χ2n) is 10.0. The summed E-state index contributed by atoms with van der Waals surface area (Å²) in [4.78, 5) is 44.3. The molecule has 0 aliphatic carbocycles. The molecule has 0 saturated carbocycles. The number of rotatable bonds is 4. The predicted molar refractivity (Wildman–Crippen MR) is 118 cm³/mol. The number of aliphatic hydroxyl groups is 1. The molecular formula is C23H32N2O5S. The first kappa shape index (κ1) is 22.4. The van der Waals surface area contributed by atoms with E-state index >= 15 is 0 Å². The van der Waals surface area contributed by atoms with E-state index in [-0.39, 0.29) is 31.0 Å². The van der Waals surface area contributed by atoms with Gasteiger partial charge in [0, 0.05) is 30.0 Å². The van der Waals surface area contributed by atoms with Gasteiger partial charge in [-0.2, -0.15) is 0 Å². The number of aliphatic hydroxyl groups excluding tert-OH is 1. The minimum atomic E-state index is -0.826. The Bertz CT molecular complexity index is 849. The van der Waals surface area contributed by atoms with E-state index in [4.69, 9.17) is 4.74 Å². The van der Waals surface area contributed by atoms with Crippen molar-refractivity contribution in [1.82, 2.24) is 9.80 Å². The van der Waals surface area contributed by atoms with Crippen LogP contribution in [0.25, 0.3) is 0 Å². The molecule has 2 saturated heterocycles. The van der Waals surface area contributed by atoms with Crippen molar-refractivity contribution in [3.8, 4) is 0 Å². The van der Waals surface area contributed by atoms with Crippen LogP contribution < -0.4 is 0 Å². The van der Waals surface area contributed by atoms with Crippen LogP contribution in [-0.2, 0) is 19.1 Å². The minimum Gasteiger partial charge on any atom is -0.461 e. The fourth-order valence-electron chi connectivity index (χ4n) is 5.59. The fourth-order valence-corrected chi connectivity index (χ4v) is 7.75. The molecule has 170 valence electrons. The van der Waals surface area contributed by atoms with Gasteiger partial charge in [-0.05, 0) is 46.6 Å². The normalized spacial score (nSPS) is 37.3. The van der Waals surface area contributed by atoms with Crippen molar-refractivity contribution in [2.24, 2.45) is 11.8 Å². The zero-order valence-corrected chi connectivity index (χ0v) is 19.5. The second kappa shape index (κ2) is 7.66. The van der Waals surface area contributed by atoms with Crippen molar-refractivity contribution >= 4 is 29.5 Å². The maximum atomic E-state index is 14.0. The molecule has 7 nitrogen and oxygen atoms in total. The first-order chi connectivity index (χ1) is 14.6. The van der Waals surface area contributed by atoms with Gasteiger partial charge in [-0.3, -0.25) is 14.4 Å². The summed E-state index contributed by atoms with van der Waals surface area (Å²) in [7, 11) is 0. The lowest BCUT2D eigenvalue weighted by molar-refractivity contribution is -0.152. The molecule has 1 unspecified atom stereocenters. The Morgan fingerprint density at radius 1 is 1.13 bits per heavy atom. The number of cyclic esters (lactones) is 1. The third-order valence-electron chi connectivity index (χ3n) is 6.93. The summed E-state index contributed by atoms with van der Waals surface area (Å²) < 4.78 is 3.97. The molecule has 0 aromatic heterocycles. The van der Waals surface area contributed by atoms with Gasteiger partial charge in [0.2, 0.25) is 11.8 Å². The standard InChI is InChI=1S/C23H32N2O5S/c1-21(2,3)25-12-7-10-23-15(16-20(29)30-14-8-9-22(16,4)31-23)18(27)24(11-5-6-13-26)17(23)19(25)28/h7-10,15-17,26H,5-6,11-14H2,1-4H3/t15-,16+,17?,22-,23-/m0/s1. The lowest BCUT2D eigenvalue weighted by Gasteiger charge is -2.41. The molecular weight excluding hydrogens is 416 g/mol. The maximum absolute atomic E-state index is 14.0. The van der Waals surface area contributed by atoms with E-state index < -0.39 is 32.9 Å². The Morgan fingerprint density at radius 2 is 1.87 bits per heavy atom. The van der Waals surface area contributed by atoms with Crippen LogP contribution in [0.15, 0.2) is 24.3 Å². The number of amides is 2. The summed E-state index contributed by atoms with van der Waals surface area (Å²) in [5.74, 6) is -1.92. The second-order valence-corrected chi connectivity index (χ2v) is 11.8. The number of hydrogen-bond donors (Lipinski definition) is 1. The summed E-state index contributed by atoms with van der Waals surface area (Å²) in [6, 6.07) is -0.684. The highest BCUT2D eigenvalue weighted by Gasteiger charge is 2.74. The molecule has 0 aromatic rings. The smallest absolute Gasteiger partial charge is 0.311 e. The van der Waals surface area contributed by atoms with Gasteiger partial charge in [0.05, 0.1) is 16.6 Å². The van der Waals surface area contributed by atoms with E-state index in [1.165, 1.54) is 0 Å². The summed E-state index contributed by atoms with van der Waals surface area (Å²) in [5, 5.41) is 9.24. The van der Waals surface area contributed by atoms with Gasteiger partial charge in [-0.1, -0.05) is 18.2 Å². The molecule has 0 bridgehead atoms. The van der Waals surface area contributed by atoms with Crippen molar-refractivity contribution in [2.45, 2.75) is 61.6 Å². The molecule has 4 heterocycles. The lowest BCUT2D eigenvalue weighted by atomic mass is 9.75. The first-order valence-electron chi connectivity index (χ1n) is 11.0. The molecule has 1 spiro atoms. The van der Waals surface area contributed by atoms with E-state index in [1.807, 2.05) is 56.9 Å². The molecule has 4 aliphatic rings. The molecule has 31 heavy (non-hydrogen) atoms. The molecule has 2 amide bonds. The van der Waals surface area contributed by atoms with Crippen LogP contribution in [0.4, 0.5) is 0 Å². The van der Waals surface area contributed by atoms with Gasteiger partial charge in [0.1, 0.15) is 12.6 Å². The number of ether oxygens (including phenoxy) is 1. The molecule has 1 N–H and O–H groups in total. The van der Waals surface area contributed by atoms with Crippen LogP contribution in [0.2, 0.25) is 0 Å². The van der Waals surface area contributed by atoms with Crippen LogP contribution in [0.5, 0.6) is 0 Å². The Kier molecular flexibility index (Phi) is 5.53. The first-order valence-corrected chi connectivity index (χ1v) is 11.8. The summed E-state index contributed by atoms with van der Waals surface area (Å²) in [6.07, 6.45) is 8.97. The van der Waals surface area contributed by atoms with E-state index in [1.54, 1.807) is 16.7 Å². The minimum absolute atomic E-state index is 0.0375. The number of nitrogens with zero attached hydrogens (tertiary/aromatic N) is 2. The molecule has 0 radical (unpaired) electrons. The number of unbranched alkanes of at least 4 members (excludes halogenated alkanes) is 1. The Morgan fingerprint density at radius 3 is 2.55 bits per heavy atom. The van der Waals surface area contributed by atoms with Gasteiger partial charge < -0.3 is 19.6 Å². The number of carbonyl (C=O) groups is 3. The molecule has 5 atom stereocenters. The summed E-state index contributed by atoms with van der Waals surface area (Å²) >= 11 is 1.56. The van der Waals surface area contributed by atoms with Crippen molar-refractivity contribution in [1.29, 1.82) is 0 Å². The number of likely N-dealkylation sites (tertiary alicyclic amines) is 1. The van der Waals surface area contributed by atoms with Gasteiger partial charge in [-0.25, -0.2) is 0 Å². The van der Waals surface area contributed by atoms with E-state index in [9.17, 15) is 19.5 Å². The Hall–Kier alpha value is -1.80. The van der Waals surface area contributed by atoms with Crippen LogP contribution in [0.3, 0.4) is 0 Å². The number of hydrogen-bond acceptors (Lipinski definition) is 6. The van der Waals surface area contributed by atoms with Gasteiger partial charge in [0.15, 0.2) is 0 Å². The highest BCUT2D eigenvalue weighted by atomic mass is 32.2. The van der Waals surface area contributed by atoms with Crippen molar-refractivity contribution < 1.29 is 24.2 Å². The zero-order valence-electron chi connectivity index (χ0n) is 18.7. The predicted octanol–water partition coefficient (Wildman–Crippen LogP) is 1.76. The number of carbonyl (C=O) groups excluding carboxylic acids is 3. The third kappa shape index (κ3) is 3.33. The average molecular weight is 449 g/mol. The van der Waals surface area contributed by atoms with Crippen molar-refractivity contribution in [2.75, 3.05) is 26.3 Å². The van der Waals surface area contributed by atoms with Crippen molar-refractivity contribution in [3.05, 3.63) is 24.3 Å². The van der Waals surface area contributed by atoms with Gasteiger partial charge in [0.25, 0.3) is 0 Å². The molecule has 2 fully saturated rings. The SMILES string of the molecule is CC(C)(C)N1CC=C[C@]23S[C@@]4(C)C=CCOC(=O)[C@H]4[C@H]2C(=O)N(CCCCO)C3C1=O. The summed E-state index contributed by atoms with van der Waals surface area (Å²) in [5.41, 5.74) is -0.402. The fraction of sp³-hybridized carbons (Fsp3) is 0.696. The number of fused-ring (bicyclic) bond motifs is 2. The van der Waals surface area contributed by atoms with E-state index in [0.717, 1.165) is 0 Å². The van der Waals surface area contributed by atoms with E-state index in [0.29, 0.717) is 25.9 Å². The van der Waals surface area contributed by atoms with Gasteiger partial charge >= 0.3 is 5.97 Å². The average Bonchev–Trinajstić information content (AvgIpc) is 2.92. The zero-order chi connectivity index (χ0) is 22.6. The molecule has 4 rings (SSSR count). The van der Waals surface area contributed by atoms with Crippen LogP contribution in [0, 0.1) is 11.8 Å². The molecule has 0 aromatic carbocycles. The quantitative estimate of drug-likeness (QED) is 0.401. The van der Waals surface area contributed by atoms with Crippen LogP contribution >= 0.6 is 11.8 Å². The maximum Gasteiger partial charge on any atom is 0.311 e. The Labute approximate surface area is 187 Å². The topological polar surface area (TPSA) is 87.2 Å². The van der Waals surface area contributed by atoms with Crippen LogP contribution in [-0.4, -0.2) is 80.1 Å². The third-order valence-corrected chi connectivity index (χ3v) is 8.73. The Balaban J connectivity index is 1.84. The van der Waals surface area contributed by atoms with Crippen LogP contribution in [0.1, 0.15) is 40.5 Å². The highest BCUT2D eigenvalue weighted by Crippen LogP contribution is 2.65. The largest absolute Gasteiger partial charge is 0.461 e. The lowest BCUT2D eigenvalue weighted by Crippen LogP contribution is -2.57. The molecule has 4 aliphatic heterocycles. The number of esters is 1. The van der Waals surface area contributed by atoms with Crippen molar-refractivity contribution in [3.63, 3.8) is 0 Å². The number of thioether (sulfide) groups is 1. The van der Waals surface area contributed by atoms with E-state index in [2.05, 4.69) is 0 Å². The highest BCUT2D eigenvalue weighted by molar-refractivity contribution is 8.02. The molecule has 8 heteroatoms.